The largest absolute Gasteiger partial charge is 0.394 e. The van der Waals surface area contributed by atoms with Crippen molar-refractivity contribution in [2.45, 2.75) is 180 Å². The highest BCUT2D eigenvalue weighted by molar-refractivity contribution is 6.12. The van der Waals surface area contributed by atoms with Gasteiger partial charge in [0.05, 0.1) is 75.1 Å². The van der Waals surface area contributed by atoms with Gasteiger partial charge in [0.1, 0.15) is 18.1 Å². The van der Waals surface area contributed by atoms with E-state index in [9.17, 15) is 53.1 Å². The molecule has 1 aromatic carbocycles. The number of piperidine rings is 1. The van der Waals surface area contributed by atoms with Gasteiger partial charge in [-0.15, -0.1) is 0 Å². The van der Waals surface area contributed by atoms with Crippen molar-refractivity contribution in [2.24, 2.45) is 41.2 Å². The predicted octanol–water partition coefficient (Wildman–Crippen LogP) is 1.50. The molecule has 480 valence electrons. The van der Waals surface area contributed by atoms with Crippen LogP contribution in [0.3, 0.4) is 0 Å². The lowest BCUT2D eigenvalue weighted by molar-refractivity contribution is -0.147. The van der Waals surface area contributed by atoms with E-state index >= 15 is 0 Å². The van der Waals surface area contributed by atoms with Gasteiger partial charge in [-0.2, -0.15) is 0 Å². The van der Waals surface area contributed by atoms with Crippen LogP contribution in [0.4, 0.5) is 10.5 Å². The number of benzene rings is 1. The Labute approximate surface area is 506 Å². The molecule has 1 aromatic rings. The molecule has 4 aliphatic rings. The fourth-order valence-electron chi connectivity index (χ4n) is 12.5. The van der Waals surface area contributed by atoms with Gasteiger partial charge in [0, 0.05) is 64.7 Å². The zero-order valence-corrected chi connectivity index (χ0v) is 52.2. The molecule has 5 rings (SSSR count). The molecule has 86 heavy (non-hydrogen) atoms. The number of carbonyl (C=O) groups excluding carboxylic acids is 10. The molecule has 14 atom stereocenters. The van der Waals surface area contributed by atoms with Crippen molar-refractivity contribution in [1.82, 2.24) is 46.6 Å². The zero-order chi connectivity index (χ0) is 63.5. The number of amides is 11. The second-order valence-electron chi connectivity index (χ2n) is 24.3. The highest BCUT2D eigenvalue weighted by atomic mass is 16.5. The third-order valence-corrected chi connectivity index (χ3v) is 17.7. The van der Waals surface area contributed by atoms with Gasteiger partial charge in [-0.3, -0.25) is 48.1 Å². The number of imide groups is 1. The average Bonchev–Trinajstić information content (AvgIpc) is 3.64. The summed E-state index contributed by atoms with van der Waals surface area (Å²) in [5.74, 6) is -4.57. The van der Waals surface area contributed by atoms with E-state index in [0.29, 0.717) is 49.0 Å². The van der Waals surface area contributed by atoms with Crippen molar-refractivity contribution >= 4 is 64.9 Å². The number of likely N-dealkylation sites (tertiary alicyclic amines) is 1. The molecule has 0 aromatic heterocycles. The molecule has 11 amide bonds. The number of nitrogens with two attached hydrogens (primary N) is 1. The molecule has 0 unspecified atom stereocenters. The van der Waals surface area contributed by atoms with Crippen LogP contribution in [0.2, 0.25) is 0 Å². The van der Waals surface area contributed by atoms with Crippen molar-refractivity contribution < 1.29 is 67.3 Å². The topological polar surface area (TPSA) is 339 Å². The van der Waals surface area contributed by atoms with Gasteiger partial charge in [-0.25, -0.2) is 4.79 Å². The normalized spacial score (nSPS) is 22.1. The first kappa shape index (κ1) is 70.2. The predicted molar refractivity (Wildman–Crippen MR) is 320 cm³/mol. The lowest BCUT2D eigenvalue weighted by Gasteiger charge is -2.41. The summed E-state index contributed by atoms with van der Waals surface area (Å²) < 4.78 is 17.6. The molecule has 1 saturated carbocycles. The minimum Gasteiger partial charge on any atom is -0.394 e. The summed E-state index contributed by atoms with van der Waals surface area (Å²) in [4.78, 5) is 137. The highest BCUT2D eigenvalue weighted by Gasteiger charge is 2.49. The van der Waals surface area contributed by atoms with Crippen molar-refractivity contribution in [3.63, 3.8) is 0 Å². The van der Waals surface area contributed by atoms with E-state index < -0.39 is 108 Å². The van der Waals surface area contributed by atoms with Gasteiger partial charge in [0.15, 0.2) is 0 Å². The maximum Gasteiger partial charge on any atom is 0.312 e. The Morgan fingerprint density at radius 1 is 0.860 bits per heavy atom. The molecule has 3 fully saturated rings. The quantitative estimate of drug-likeness (QED) is 0.0344. The number of fused-ring (bicyclic) bond motifs is 2. The van der Waals surface area contributed by atoms with Crippen LogP contribution in [0.15, 0.2) is 36.4 Å². The summed E-state index contributed by atoms with van der Waals surface area (Å²) in [6.07, 6.45) is 5.10. The molecule has 0 spiro atoms. The van der Waals surface area contributed by atoms with Gasteiger partial charge in [-0.1, -0.05) is 73.9 Å². The van der Waals surface area contributed by atoms with Crippen molar-refractivity contribution in [1.29, 1.82) is 0 Å². The van der Waals surface area contributed by atoms with Gasteiger partial charge in [0.25, 0.3) is 11.8 Å². The van der Waals surface area contributed by atoms with E-state index in [0.717, 1.165) is 29.9 Å². The second kappa shape index (κ2) is 33.5. The number of aliphatic hydroxyl groups is 1. The van der Waals surface area contributed by atoms with Gasteiger partial charge in [0.2, 0.25) is 41.4 Å². The smallest absolute Gasteiger partial charge is 0.312 e. The van der Waals surface area contributed by atoms with Gasteiger partial charge >= 0.3 is 6.03 Å². The van der Waals surface area contributed by atoms with Gasteiger partial charge < -0.3 is 72.1 Å². The van der Waals surface area contributed by atoms with E-state index in [-0.39, 0.29) is 99.9 Å². The summed E-state index contributed by atoms with van der Waals surface area (Å²) >= 11 is 0. The maximum absolute atomic E-state index is 14.5. The van der Waals surface area contributed by atoms with Crippen molar-refractivity contribution in [2.75, 3.05) is 66.0 Å². The van der Waals surface area contributed by atoms with Crippen molar-refractivity contribution in [3.05, 3.63) is 42.0 Å². The fraction of sp³-hybridized carbons (Fsp3) is 0.705. The fourth-order valence-corrected chi connectivity index (χ4v) is 12.5. The van der Waals surface area contributed by atoms with Crippen LogP contribution < -0.4 is 43.0 Å². The maximum atomic E-state index is 14.5. The molecule has 2 bridgehead atoms. The summed E-state index contributed by atoms with van der Waals surface area (Å²) in [6, 6.07) is 1.19. The van der Waals surface area contributed by atoms with E-state index in [2.05, 4.69) is 44.1 Å². The summed E-state index contributed by atoms with van der Waals surface area (Å²) in [5, 5.41) is 30.9. The molecule has 0 radical (unpaired) electrons. The number of urea groups is 1. The lowest BCUT2D eigenvalue weighted by atomic mass is 9.89. The van der Waals surface area contributed by atoms with Crippen LogP contribution in [-0.4, -0.2) is 200 Å². The molecular formula is C61H97N11O14. The van der Waals surface area contributed by atoms with Crippen LogP contribution in [0, 0.1) is 35.5 Å². The summed E-state index contributed by atoms with van der Waals surface area (Å²) in [6.45, 7) is 15.3. The minimum absolute atomic E-state index is 0.0110. The summed E-state index contributed by atoms with van der Waals surface area (Å²) in [5.41, 5.74) is 6.24. The number of carbonyl (C=O) groups is 10. The molecule has 3 aliphatic heterocycles. The van der Waals surface area contributed by atoms with Crippen LogP contribution in [0.1, 0.15) is 119 Å². The Hall–Kier alpha value is -6.54. The molecule has 25 nitrogen and oxygen atoms in total. The first-order chi connectivity index (χ1) is 40.8. The van der Waals surface area contributed by atoms with Crippen molar-refractivity contribution in [3.8, 4) is 0 Å². The van der Waals surface area contributed by atoms with Crippen LogP contribution >= 0.6 is 0 Å². The number of hydrogen-bond acceptors (Lipinski definition) is 15. The number of hydrogen-bond donors (Lipinski definition) is 9. The monoisotopic (exact) mass is 1210 g/mol. The lowest BCUT2D eigenvalue weighted by Crippen LogP contribution is -2.60. The Morgan fingerprint density at radius 2 is 1.56 bits per heavy atom. The van der Waals surface area contributed by atoms with E-state index in [1.54, 1.807) is 61.9 Å². The molecule has 2 saturated heterocycles. The van der Waals surface area contributed by atoms with E-state index in [1.807, 2.05) is 27.7 Å². The van der Waals surface area contributed by atoms with Gasteiger partial charge in [-0.05, 0) is 92.2 Å². The molecular weight excluding hydrogens is 1110 g/mol. The molecule has 3 heterocycles. The standard InChI is InChI=1S/C61H97N11O14/c1-12-36(6)54(70(9)60(82)52(35(4)5)69-59(81)53-42-20-21-43(66-53)37(42)7)46(84-10)32-50(77)71-26-15-19-45(71)55(85-11)38(8)56(78)65-41(33-73)31-39-16-13-17-40(30-39)64-57(79)44(18-14-25-63-61(62)83)67-58(80)51(34(2)3)68-47(74)24-28-86-29-27-72-48(75)22-23-49(72)76/h13,16-17,22-23,30,34-38,41-46,51-55,66,73H,12,14-15,18-21,24-29,31-33H2,1-11H3,(H,64,79)(H,65,78)(H,67,80)(H,68,74)(H,69,81)(H3,62,63,83)/t36-,37-,38+,41-,42-,43-,44-,45-,46+,51-,52-,53-,54-,55+/m0/s1. The third kappa shape index (κ3) is 19.0. The first-order valence-electron chi connectivity index (χ1n) is 30.6. The number of anilines is 1. The third-order valence-electron chi connectivity index (χ3n) is 17.7. The Morgan fingerprint density at radius 3 is 2.15 bits per heavy atom. The Kier molecular flexibility index (Phi) is 27.4. The van der Waals surface area contributed by atoms with Crippen LogP contribution in [0.25, 0.3) is 0 Å². The number of rotatable bonds is 35. The molecule has 1 aliphatic carbocycles. The first-order valence-corrected chi connectivity index (χ1v) is 30.6. The highest BCUT2D eigenvalue weighted by Crippen LogP contribution is 2.40. The Balaban J connectivity index is 1.18. The number of ether oxygens (including phenoxy) is 3. The number of primary amides is 1. The van der Waals surface area contributed by atoms with Crippen LogP contribution in [0.5, 0.6) is 0 Å². The minimum atomic E-state index is -1.14. The number of nitrogens with zero attached hydrogens (tertiary/aromatic N) is 3. The number of methoxy groups -OCH3 is 2. The van der Waals surface area contributed by atoms with Crippen LogP contribution in [-0.2, 0) is 63.8 Å². The molecule has 25 heteroatoms. The summed E-state index contributed by atoms with van der Waals surface area (Å²) in [7, 11) is 4.74. The number of aliphatic hydroxyl groups excluding tert-OH is 1. The number of nitrogens with one attached hydrogen (secondary N) is 7. The van der Waals surface area contributed by atoms with E-state index in [1.165, 1.54) is 14.2 Å². The number of likely N-dealkylation sites (N-methyl/N-ethyl adjacent to an activating group) is 1. The van der Waals surface area contributed by atoms with E-state index in [4.69, 9.17) is 19.9 Å². The SMILES string of the molecule is CC[C@H](C)[C@@H]([C@@H](CC(=O)N1CCC[C@H]1[C@H](OC)[C@@H](C)C(=O)N[C@H](CO)Cc1cccc(NC(=O)[C@H](CCCNC(N)=O)NC(=O)[C@@H](NC(=O)CCOCCN2C(=O)C=CC2=O)C(C)C)c1)OC)N(C)C(=O)[C@@H](NC(=O)[C@H]1N[C@H]2CC[C@H]1[C@@H]2C)C(C)C. The molecule has 10 N–H and O–H groups in total. The average molecular weight is 1210 g/mol. The second-order valence-corrected chi connectivity index (χ2v) is 24.3. The Bertz CT molecular complexity index is 2530. The zero-order valence-electron chi connectivity index (χ0n) is 52.2.